The fourth-order valence-corrected chi connectivity index (χ4v) is 3.12. The molecule has 29 heavy (non-hydrogen) atoms. The van der Waals surface area contributed by atoms with Crippen LogP contribution in [0.4, 0.5) is 11.5 Å². The summed E-state index contributed by atoms with van der Waals surface area (Å²) in [6.07, 6.45) is 2.93. The van der Waals surface area contributed by atoms with Gasteiger partial charge in [0, 0.05) is 19.2 Å². The molecular weight excluding hydrogens is 443 g/mol. The summed E-state index contributed by atoms with van der Waals surface area (Å²) < 4.78 is 2.93. The van der Waals surface area contributed by atoms with Crippen molar-refractivity contribution in [3.05, 3.63) is 67.0 Å². The quantitative estimate of drug-likeness (QED) is 0.419. The zero-order valence-electron chi connectivity index (χ0n) is 15.1. The average molecular weight is 458 g/mol. The lowest BCUT2D eigenvalue weighted by atomic mass is 10.2. The first kappa shape index (κ1) is 21.1. The predicted octanol–water partition coefficient (Wildman–Crippen LogP) is 4.33. The van der Waals surface area contributed by atoms with E-state index in [2.05, 4.69) is 15.5 Å². The van der Waals surface area contributed by atoms with Crippen molar-refractivity contribution in [3.63, 3.8) is 0 Å². The number of halogens is 3. The van der Waals surface area contributed by atoms with Crippen LogP contribution in [0.15, 0.2) is 30.6 Å². The summed E-state index contributed by atoms with van der Waals surface area (Å²) in [5, 5.41) is 22.9. The maximum atomic E-state index is 12.2. The van der Waals surface area contributed by atoms with Crippen LogP contribution < -0.4 is 5.32 Å². The van der Waals surface area contributed by atoms with Crippen molar-refractivity contribution in [1.29, 1.82) is 0 Å². The second kappa shape index (κ2) is 8.81. The van der Waals surface area contributed by atoms with Gasteiger partial charge in [-0.2, -0.15) is 10.2 Å². The molecule has 12 heteroatoms. The molecule has 0 saturated heterocycles. The van der Waals surface area contributed by atoms with Crippen LogP contribution in [0.25, 0.3) is 0 Å². The van der Waals surface area contributed by atoms with Crippen LogP contribution >= 0.6 is 34.8 Å². The number of anilines is 1. The highest BCUT2D eigenvalue weighted by Gasteiger charge is 2.16. The number of aromatic nitrogens is 4. The molecule has 0 saturated carbocycles. The molecule has 0 unspecified atom stereocenters. The molecule has 1 aromatic carbocycles. The number of hydrogen-bond acceptors (Lipinski definition) is 5. The Bertz CT molecular complexity index is 1080. The van der Waals surface area contributed by atoms with E-state index in [1.54, 1.807) is 23.0 Å². The van der Waals surface area contributed by atoms with Crippen LogP contribution in [-0.4, -0.2) is 30.4 Å². The first-order valence-electron chi connectivity index (χ1n) is 8.38. The second-order valence-corrected chi connectivity index (χ2v) is 7.41. The van der Waals surface area contributed by atoms with Crippen LogP contribution in [0.3, 0.4) is 0 Å². The molecule has 1 amide bonds. The zero-order valence-corrected chi connectivity index (χ0v) is 17.4. The molecule has 3 aromatic rings. The Kier molecular flexibility index (Phi) is 6.41. The first-order chi connectivity index (χ1) is 13.7. The van der Waals surface area contributed by atoms with E-state index in [1.807, 2.05) is 6.07 Å². The van der Waals surface area contributed by atoms with Crippen LogP contribution in [0.1, 0.15) is 17.7 Å². The Hall–Kier alpha value is -2.62. The minimum Gasteiger partial charge on any atom is -0.308 e. The Morgan fingerprint density at radius 2 is 1.90 bits per heavy atom. The summed E-state index contributed by atoms with van der Waals surface area (Å²) in [7, 11) is 0. The first-order valence-corrected chi connectivity index (χ1v) is 9.51. The molecule has 2 heterocycles. The summed E-state index contributed by atoms with van der Waals surface area (Å²) in [6.45, 7) is 2.11. The molecule has 9 nitrogen and oxygen atoms in total. The van der Waals surface area contributed by atoms with Gasteiger partial charge in [-0.05, 0) is 24.6 Å². The third kappa shape index (κ3) is 5.26. The van der Waals surface area contributed by atoms with Gasteiger partial charge in [-0.3, -0.25) is 24.3 Å². The number of carbonyl (C=O) groups excluding carboxylic acids is 1. The summed E-state index contributed by atoms with van der Waals surface area (Å²) in [4.78, 5) is 22.5. The number of aryl methyl sites for hydroxylation is 2. The van der Waals surface area contributed by atoms with Crippen molar-refractivity contribution in [2.45, 2.75) is 26.4 Å². The Labute approximate surface area is 180 Å². The van der Waals surface area contributed by atoms with E-state index in [1.165, 1.54) is 17.8 Å². The lowest BCUT2D eigenvalue weighted by Gasteiger charge is -2.04. The van der Waals surface area contributed by atoms with E-state index in [-0.39, 0.29) is 35.4 Å². The number of nitro groups is 1. The second-order valence-electron chi connectivity index (χ2n) is 6.19. The zero-order chi connectivity index (χ0) is 21.1. The summed E-state index contributed by atoms with van der Waals surface area (Å²) >= 11 is 18.1. The molecule has 0 fully saturated rings. The molecule has 0 bridgehead atoms. The van der Waals surface area contributed by atoms with Crippen molar-refractivity contribution >= 4 is 52.2 Å². The monoisotopic (exact) mass is 456 g/mol. The summed E-state index contributed by atoms with van der Waals surface area (Å²) in [5.41, 5.74) is 1.07. The Morgan fingerprint density at radius 1 is 1.14 bits per heavy atom. The van der Waals surface area contributed by atoms with E-state index in [0.29, 0.717) is 22.3 Å². The lowest BCUT2D eigenvalue weighted by Crippen LogP contribution is -2.15. The lowest BCUT2D eigenvalue weighted by molar-refractivity contribution is -0.385. The topological polar surface area (TPSA) is 108 Å². The molecular formula is C17H15Cl3N6O3. The van der Waals surface area contributed by atoms with Crippen molar-refractivity contribution in [1.82, 2.24) is 19.6 Å². The normalized spacial score (nSPS) is 10.9. The van der Waals surface area contributed by atoms with Crippen molar-refractivity contribution in [2.24, 2.45) is 0 Å². The number of carbonyl (C=O) groups is 1. The third-order valence-electron chi connectivity index (χ3n) is 3.99. The standard InChI is InChI=1S/C17H15Cl3N6O3/c1-10-15(26(28)29)9-24(22-10)5-4-16(27)21-17-14(20)8-25(23-17)7-11-2-3-12(18)13(19)6-11/h2-3,6,8-9H,4-5,7H2,1H3,(H,21,23,27). The third-order valence-corrected chi connectivity index (χ3v) is 5.00. The summed E-state index contributed by atoms with van der Waals surface area (Å²) in [6, 6.07) is 5.23. The number of rotatable bonds is 7. The van der Waals surface area contributed by atoms with Gasteiger partial charge in [0.15, 0.2) is 5.82 Å². The number of nitrogens with one attached hydrogen (secondary N) is 1. The van der Waals surface area contributed by atoms with Gasteiger partial charge in [-0.25, -0.2) is 0 Å². The van der Waals surface area contributed by atoms with Gasteiger partial charge in [-0.15, -0.1) is 0 Å². The van der Waals surface area contributed by atoms with Gasteiger partial charge >= 0.3 is 5.69 Å². The van der Waals surface area contributed by atoms with E-state index < -0.39 is 4.92 Å². The molecule has 0 aliphatic heterocycles. The fraction of sp³-hybridized carbons (Fsp3) is 0.235. The van der Waals surface area contributed by atoms with E-state index >= 15 is 0 Å². The summed E-state index contributed by atoms with van der Waals surface area (Å²) in [5.74, 6) is -0.123. The molecule has 0 spiro atoms. The average Bonchev–Trinajstić information content (AvgIpc) is 3.19. The molecule has 152 valence electrons. The van der Waals surface area contributed by atoms with Gasteiger partial charge < -0.3 is 5.32 Å². The van der Waals surface area contributed by atoms with Crippen LogP contribution in [-0.2, 0) is 17.9 Å². The van der Waals surface area contributed by atoms with Gasteiger partial charge in [0.1, 0.15) is 16.9 Å². The number of nitrogens with zero attached hydrogens (tertiary/aromatic N) is 5. The smallest absolute Gasteiger partial charge is 0.308 e. The molecule has 0 atom stereocenters. The highest BCUT2D eigenvalue weighted by Crippen LogP contribution is 2.24. The van der Waals surface area contributed by atoms with Gasteiger partial charge in [0.25, 0.3) is 0 Å². The molecule has 0 aliphatic carbocycles. The molecule has 3 rings (SSSR count). The van der Waals surface area contributed by atoms with Gasteiger partial charge in [-0.1, -0.05) is 40.9 Å². The predicted molar refractivity (Wildman–Crippen MR) is 110 cm³/mol. The molecule has 1 N–H and O–H groups in total. The fourth-order valence-electron chi connectivity index (χ4n) is 2.60. The number of benzene rings is 1. The number of amides is 1. The maximum Gasteiger partial charge on any atom is 0.309 e. The molecule has 2 aromatic heterocycles. The van der Waals surface area contributed by atoms with E-state index in [0.717, 1.165) is 5.56 Å². The van der Waals surface area contributed by atoms with Crippen LogP contribution in [0.5, 0.6) is 0 Å². The van der Waals surface area contributed by atoms with Crippen molar-refractivity contribution < 1.29 is 9.72 Å². The number of hydrogen-bond donors (Lipinski definition) is 1. The minimum absolute atomic E-state index is 0.0499. The Morgan fingerprint density at radius 3 is 2.55 bits per heavy atom. The van der Waals surface area contributed by atoms with Crippen LogP contribution in [0.2, 0.25) is 15.1 Å². The highest BCUT2D eigenvalue weighted by molar-refractivity contribution is 6.42. The largest absolute Gasteiger partial charge is 0.309 e. The maximum absolute atomic E-state index is 12.2. The Balaban J connectivity index is 1.60. The van der Waals surface area contributed by atoms with Crippen molar-refractivity contribution in [3.8, 4) is 0 Å². The van der Waals surface area contributed by atoms with Crippen LogP contribution in [0, 0.1) is 17.0 Å². The SMILES string of the molecule is Cc1nn(CCC(=O)Nc2nn(Cc3ccc(Cl)c(Cl)c3)cc2Cl)cc1[N+](=O)[O-]. The molecule has 0 radical (unpaired) electrons. The minimum atomic E-state index is -0.515. The van der Waals surface area contributed by atoms with Gasteiger partial charge in [0.2, 0.25) is 5.91 Å². The van der Waals surface area contributed by atoms with Crippen molar-refractivity contribution in [2.75, 3.05) is 5.32 Å². The van der Waals surface area contributed by atoms with E-state index in [9.17, 15) is 14.9 Å². The van der Waals surface area contributed by atoms with Gasteiger partial charge in [0.05, 0.1) is 21.5 Å². The molecule has 0 aliphatic rings. The van der Waals surface area contributed by atoms with E-state index in [4.69, 9.17) is 34.8 Å². The highest BCUT2D eigenvalue weighted by atomic mass is 35.5.